The second-order valence-corrected chi connectivity index (χ2v) is 7.69. The maximum absolute atomic E-state index is 12.7. The number of nitrogens with zero attached hydrogens (tertiary/aromatic N) is 1. The normalized spacial score (nSPS) is 16.2. The molecule has 1 aliphatic heterocycles. The molecule has 1 aliphatic rings. The molecule has 2 aromatic rings. The highest BCUT2D eigenvalue weighted by molar-refractivity contribution is 7.89. The Balaban J connectivity index is 1.72. The van der Waals surface area contributed by atoms with Gasteiger partial charge < -0.3 is 14.8 Å². The van der Waals surface area contributed by atoms with Gasteiger partial charge in [0.2, 0.25) is 10.0 Å². The van der Waals surface area contributed by atoms with Crippen LogP contribution >= 0.6 is 0 Å². The second kappa shape index (κ2) is 7.86. The van der Waals surface area contributed by atoms with Gasteiger partial charge in [0.1, 0.15) is 17.2 Å². The van der Waals surface area contributed by atoms with E-state index in [9.17, 15) is 8.42 Å². The Morgan fingerprint density at radius 3 is 2.12 bits per heavy atom. The summed E-state index contributed by atoms with van der Waals surface area (Å²) < 4.78 is 37.8. The molecule has 1 saturated heterocycles. The molecule has 0 bridgehead atoms. The monoisotopic (exact) mass is 362 g/mol. The standard InChI is InChI=1S/C18H22N2O4S/c1-23-15-3-5-16(6-4-15)24-17-7-9-18(10-8-17)25(21,22)20-13-2-11-19-12-14-20/h3-10,19H,2,11-14H2,1H3. The van der Waals surface area contributed by atoms with Gasteiger partial charge in [0.05, 0.1) is 12.0 Å². The van der Waals surface area contributed by atoms with Crippen molar-refractivity contribution in [3.63, 3.8) is 0 Å². The van der Waals surface area contributed by atoms with E-state index in [1.54, 1.807) is 43.5 Å². The van der Waals surface area contributed by atoms with Gasteiger partial charge in [-0.25, -0.2) is 8.42 Å². The summed E-state index contributed by atoms with van der Waals surface area (Å²) in [4.78, 5) is 0.288. The van der Waals surface area contributed by atoms with Crippen molar-refractivity contribution in [1.29, 1.82) is 0 Å². The number of hydrogen-bond acceptors (Lipinski definition) is 5. The highest BCUT2D eigenvalue weighted by Gasteiger charge is 2.24. The molecule has 0 aliphatic carbocycles. The van der Waals surface area contributed by atoms with Crippen molar-refractivity contribution >= 4 is 10.0 Å². The van der Waals surface area contributed by atoms with E-state index in [2.05, 4.69) is 5.32 Å². The third kappa shape index (κ3) is 4.31. The Labute approximate surface area is 148 Å². The van der Waals surface area contributed by atoms with E-state index in [1.807, 2.05) is 12.1 Å². The van der Waals surface area contributed by atoms with Crippen molar-refractivity contribution in [3.05, 3.63) is 48.5 Å². The minimum atomic E-state index is -3.46. The Morgan fingerprint density at radius 2 is 1.48 bits per heavy atom. The van der Waals surface area contributed by atoms with E-state index in [1.165, 1.54) is 4.31 Å². The molecule has 0 spiro atoms. The Hall–Kier alpha value is -2.09. The molecular formula is C18H22N2O4S. The molecule has 0 saturated carbocycles. The lowest BCUT2D eigenvalue weighted by Crippen LogP contribution is -2.34. The van der Waals surface area contributed by atoms with Gasteiger partial charge in [-0.3, -0.25) is 0 Å². The van der Waals surface area contributed by atoms with Crippen LogP contribution < -0.4 is 14.8 Å². The van der Waals surface area contributed by atoms with E-state index < -0.39 is 10.0 Å². The molecule has 1 fully saturated rings. The van der Waals surface area contributed by atoms with Crippen LogP contribution in [0.25, 0.3) is 0 Å². The van der Waals surface area contributed by atoms with Gasteiger partial charge in [-0.15, -0.1) is 0 Å². The van der Waals surface area contributed by atoms with Crippen molar-refractivity contribution < 1.29 is 17.9 Å². The van der Waals surface area contributed by atoms with Crippen molar-refractivity contribution in [3.8, 4) is 17.2 Å². The van der Waals surface area contributed by atoms with Gasteiger partial charge in [-0.05, 0) is 61.5 Å². The zero-order valence-electron chi connectivity index (χ0n) is 14.1. The van der Waals surface area contributed by atoms with Gasteiger partial charge in [-0.1, -0.05) is 0 Å². The van der Waals surface area contributed by atoms with Crippen molar-refractivity contribution in [2.45, 2.75) is 11.3 Å². The van der Waals surface area contributed by atoms with Crippen LogP contribution in [0.4, 0.5) is 0 Å². The van der Waals surface area contributed by atoms with E-state index in [0.717, 1.165) is 18.7 Å². The first-order chi connectivity index (χ1) is 12.1. The summed E-state index contributed by atoms with van der Waals surface area (Å²) in [5.74, 6) is 2.00. The summed E-state index contributed by atoms with van der Waals surface area (Å²) in [5.41, 5.74) is 0. The minimum Gasteiger partial charge on any atom is -0.497 e. The topological polar surface area (TPSA) is 67.9 Å². The predicted octanol–water partition coefficient (Wildman–Crippen LogP) is 2.47. The summed E-state index contributed by atoms with van der Waals surface area (Å²) in [6, 6.07) is 13.7. The lowest BCUT2D eigenvalue weighted by atomic mass is 10.3. The zero-order valence-corrected chi connectivity index (χ0v) is 15.0. The Morgan fingerprint density at radius 1 is 0.880 bits per heavy atom. The fourth-order valence-corrected chi connectivity index (χ4v) is 4.15. The summed E-state index contributed by atoms with van der Waals surface area (Å²) in [6.07, 6.45) is 0.817. The molecule has 0 unspecified atom stereocenters. The molecule has 25 heavy (non-hydrogen) atoms. The van der Waals surface area contributed by atoms with Crippen LogP contribution in [0, 0.1) is 0 Å². The Bertz CT molecular complexity index is 781. The lowest BCUT2D eigenvalue weighted by molar-refractivity contribution is 0.413. The van der Waals surface area contributed by atoms with Crippen LogP contribution in [-0.4, -0.2) is 46.0 Å². The molecule has 134 valence electrons. The van der Waals surface area contributed by atoms with Crippen LogP contribution in [-0.2, 0) is 10.0 Å². The first-order valence-electron chi connectivity index (χ1n) is 8.22. The highest BCUT2D eigenvalue weighted by atomic mass is 32.2. The third-order valence-corrected chi connectivity index (χ3v) is 5.97. The van der Waals surface area contributed by atoms with Crippen LogP contribution in [0.15, 0.2) is 53.4 Å². The number of methoxy groups -OCH3 is 1. The molecule has 7 heteroatoms. The number of nitrogens with one attached hydrogen (secondary N) is 1. The summed E-state index contributed by atoms with van der Waals surface area (Å²) in [6.45, 7) is 2.56. The summed E-state index contributed by atoms with van der Waals surface area (Å²) in [7, 11) is -1.86. The SMILES string of the molecule is COc1ccc(Oc2ccc(S(=O)(=O)N3CCCNCC3)cc2)cc1. The quantitative estimate of drug-likeness (QED) is 0.885. The average Bonchev–Trinajstić information content (AvgIpc) is 2.93. The predicted molar refractivity (Wildman–Crippen MR) is 95.8 cm³/mol. The number of ether oxygens (including phenoxy) is 2. The molecule has 1 N–H and O–H groups in total. The highest BCUT2D eigenvalue weighted by Crippen LogP contribution is 2.26. The first kappa shape index (κ1) is 17.7. The van der Waals surface area contributed by atoms with Crippen LogP contribution in [0.2, 0.25) is 0 Å². The van der Waals surface area contributed by atoms with Crippen molar-refractivity contribution in [2.24, 2.45) is 0 Å². The minimum absolute atomic E-state index is 0.288. The molecular weight excluding hydrogens is 340 g/mol. The van der Waals surface area contributed by atoms with Gasteiger partial charge in [0.25, 0.3) is 0 Å². The summed E-state index contributed by atoms with van der Waals surface area (Å²) >= 11 is 0. The molecule has 2 aromatic carbocycles. The van der Waals surface area contributed by atoms with Gasteiger partial charge in [0.15, 0.2) is 0 Å². The van der Waals surface area contributed by atoms with E-state index in [4.69, 9.17) is 9.47 Å². The van der Waals surface area contributed by atoms with Crippen LogP contribution in [0.1, 0.15) is 6.42 Å². The number of rotatable bonds is 5. The molecule has 1 heterocycles. The van der Waals surface area contributed by atoms with E-state index in [0.29, 0.717) is 31.1 Å². The fourth-order valence-electron chi connectivity index (χ4n) is 2.67. The maximum Gasteiger partial charge on any atom is 0.243 e. The fraction of sp³-hybridized carbons (Fsp3) is 0.333. The molecule has 0 atom stereocenters. The average molecular weight is 362 g/mol. The van der Waals surface area contributed by atoms with E-state index >= 15 is 0 Å². The molecule has 3 rings (SSSR count). The smallest absolute Gasteiger partial charge is 0.243 e. The van der Waals surface area contributed by atoms with Gasteiger partial charge in [-0.2, -0.15) is 4.31 Å². The first-order valence-corrected chi connectivity index (χ1v) is 9.66. The van der Waals surface area contributed by atoms with Gasteiger partial charge in [0, 0.05) is 19.6 Å². The lowest BCUT2D eigenvalue weighted by Gasteiger charge is -2.19. The number of benzene rings is 2. The van der Waals surface area contributed by atoms with Crippen LogP contribution in [0.5, 0.6) is 17.2 Å². The molecule has 0 amide bonds. The number of sulfonamides is 1. The van der Waals surface area contributed by atoms with Crippen LogP contribution in [0.3, 0.4) is 0 Å². The molecule has 0 aromatic heterocycles. The molecule has 6 nitrogen and oxygen atoms in total. The zero-order chi connectivity index (χ0) is 17.7. The summed E-state index contributed by atoms with van der Waals surface area (Å²) in [5, 5.41) is 3.21. The van der Waals surface area contributed by atoms with E-state index in [-0.39, 0.29) is 4.90 Å². The number of hydrogen-bond donors (Lipinski definition) is 1. The second-order valence-electron chi connectivity index (χ2n) is 5.76. The van der Waals surface area contributed by atoms with Gasteiger partial charge >= 0.3 is 0 Å². The Kier molecular flexibility index (Phi) is 5.57. The maximum atomic E-state index is 12.7. The van der Waals surface area contributed by atoms with Crippen molar-refractivity contribution in [1.82, 2.24) is 9.62 Å². The largest absolute Gasteiger partial charge is 0.497 e. The van der Waals surface area contributed by atoms with Crippen molar-refractivity contribution in [2.75, 3.05) is 33.3 Å². The molecule has 0 radical (unpaired) electrons. The third-order valence-electron chi connectivity index (χ3n) is 4.06.